The summed E-state index contributed by atoms with van der Waals surface area (Å²) < 4.78 is 25.7. The summed E-state index contributed by atoms with van der Waals surface area (Å²) in [6.45, 7) is 1.39. The minimum Gasteiger partial charge on any atom is -0.326 e. The van der Waals surface area contributed by atoms with Crippen molar-refractivity contribution in [2.75, 3.05) is 16.8 Å². The van der Waals surface area contributed by atoms with Gasteiger partial charge in [0.05, 0.1) is 10.8 Å². The van der Waals surface area contributed by atoms with Gasteiger partial charge in [-0.1, -0.05) is 18.2 Å². The summed E-state index contributed by atoms with van der Waals surface area (Å²) in [6.07, 6.45) is 0.107. The Hall–Kier alpha value is -3.20. The molecule has 2 N–H and O–H groups in total. The van der Waals surface area contributed by atoms with E-state index in [1.165, 1.54) is 24.3 Å². The van der Waals surface area contributed by atoms with E-state index in [2.05, 4.69) is 5.32 Å². The number of benzene rings is 2. The molecule has 1 aliphatic heterocycles. The number of anilines is 2. The van der Waals surface area contributed by atoms with Gasteiger partial charge < -0.3 is 10.2 Å². The fourth-order valence-electron chi connectivity index (χ4n) is 2.95. The highest BCUT2D eigenvalue weighted by Gasteiger charge is 2.35. The number of hydrogen-bond donors (Lipinski definition) is 2. The third-order valence-electron chi connectivity index (χ3n) is 4.27. The SMILES string of the molecule is CC(=O)NS(=O)(=O)c1ccc(NC(=O)[C@H]2CC(=O)N(c3ccccc3)C2)cc1. The van der Waals surface area contributed by atoms with Gasteiger partial charge in [0.15, 0.2) is 0 Å². The van der Waals surface area contributed by atoms with Gasteiger partial charge in [-0.2, -0.15) is 0 Å². The molecule has 0 aromatic heterocycles. The zero-order valence-corrected chi connectivity index (χ0v) is 15.9. The van der Waals surface area contributed by atoms with Crippen LogP contribution in [0.25, 0.3) is 0 Å². The second kappa shape index (κ2) is 7.81. The van der Waals surface area contributed by atoms with Gasteiger partial charge >= 0.3 is 0 Å². The number of carbonyl (C=O) groups is 3. The van der Waals surface area contributed by atoms with Crippen LogP contribution in [0.1, 0.15) is 13.3 Å². The average molecular weight is 401 g/mol. The molecule has 2 aromatic carbocycles. The van der Waals surface area contributed by atoms with Crippen LogP contribution in [0.3, 0.4) is 0 Å². The second-order valence-electron chi connectivity index (χ2n) is 6.42. The van der Waals surface area contributed by atoms with Gasteiger partial charge in [-0.05, 0) is 36.4 Å². The van der Waals surface area contributed by atoms with Crippen molar-refractivity contribution >= 4 is 39.1 Å². The molecule has 1 saturated heterocycles. The minimum absolute atomic E-state index is 0.0907. The van der Waals surface area contributed by atoms with Crippen LogP contribution in [0.2, 0.25) is 0 Å². The number of nitrogens with one attached hydrogen (secondary N) is 2. The Morgan fingerprint density at radius 1 is 1.04 bits per heavy atom. The smallest absolute Gasteiger partial charge is 0.264 e. The van der Waals surface area contributed by atoms with Crippen LogP contribution in [0.15, 0.2) is 59.5 Å². The Labute approximate surface area is 162 Å². The fraction of sp³-hybridized carbons (Fsp3) is 0.211. The lowest BCUT2D eigenvalue weighted by Gasteiger charge is -2.16. The lowest BCUT2D eigenvalue weighted by molar-refractivity contribution is -0.122. The molecule has 0 aliphatic carbocycles. The molecule has 0 bridgehead atoms. The highest BCUT2D eigenvalue weighted by molar-refractivity contribution is 7.90. The average Bonchev–Trinajstić information content (AvgIpc) is 3.04. The van der Waals surface area contributed by atoms with Crippen LogP contribution < -0.4 is 14.9 Å². The molecule has 9 heteroatoms. The molecule has 0 saturated carbocycles. The second-order valence-corrected chi connectivity index (χ2v) is 8.10. The maximum absolute atomic E-state index is 12.5. The van der Waals surface area contributed by atoms with Gasteiger partial charge in [0, 0.05) is 31.3 Å². The molecule has 146 valence electrons. The first-order valence-corrected chi connectivity index (χ1v) is 10.0. The number of hydrogen-bond acceptors (Lipinski definition) is 5. The van der Waals surface area contributed by atoms with Crippen molar-refractivity contribution in [1.82, 2.24) is 4.72 Å². The number of sulfonamides is 1. The van der Waals surface area contributed by atoms with E-state index in [0.717, 1.165) is 12.6 Å². The van der Waals surface area contributed by atoms with Gasteiger partial charge in [0.25, 0.3) is 10.0 Å². The number of nitrogens with zero attached hydrogens (tertiary/aromatic N) is 1. The molecule has 8 nitrogen and oxygen atoms in total. The quantitative estimate of drug-likeness (QED) is 0.788. The molecule has 1 heterocycles. The summed E-state index contributed by atoms with van der Waals surface area (Å²) in [7, 11) is -3.93. The topological polar surface area (TPSA) is 113 Å². The van der Waals surface area contributed by atoms with Gasteiger partial charge in [0.1, 0.15) is 0 Å². The van der Waals surface area contributed by atoms with Crippen LogP contribution in [0, 0.1) is 5.92 Å². The summed E-state index contributed by atoms with van der Waals surface area (Å²) in [5.41, 5.74) is 1.15. The predicted octanol–water partition coefficient (Wildman–Crippen LogP) is 1.50. The van der Waals surface area contributed by atoms with E-state index in [9.17, 15) is 22.8 Å². The van der Waals surface area contributed by atoms with Gasteiger partial charge in [0.2, 0.25) is 17.7 Å². The van der Waals surface area contributed by atoms with Crippen LogP contribution in [-0.2, 0) is 24.4 Å². The van der Waals surface area contributed by atoms with Crippen molar-refractivity contribution in [2.24, 2.45) is 5.92 Å². The van der Waals surface area contributed by atoms with Crippen LogP contribution in [0.4, 0.5) is 11.4 Å². The first-order chi connectivity index (χ1) is 13.3. The summed E-state index contributed by atoms with van der Waals surface area (Å²) in [5, 5.41) is 2.70. The lowest BCUT2D eigenvalue weighted by Crippen LogP contribution is -2.28. The number of amides is 3. The van der Waals surface area contributed by atoms with Crippen LogP contribution >= 0.6 is 0 Å². The molecule has 3 amide bonds. The predicted molar refractivity (Wildman–Crippen MR) is 103 cm³/mol. The Morgan fingerprint density at radius 2 is 1.68 bits per heavy atom. The van der Waals surface area contributed by atoms with E-state index in [-0.39, 0.29) is 29.7 Å². The molecule has 1 atom stereocenters. The zero-order chi connectivity index (χ0) is 20.3. The Kier molecular flexibility index (Phi) is 5.46. The molecule has 3 rings (SSSR count). The first kappa shape index (κ1) is 19.6. The molecule has 0 radical (unpaired) electrons. The van der Waals surface area contributed by atoms with Crippen molar-refractivity contribution in [3.8, 4) is 0 Å². The molecule has 1 fully saturated rings. The Bertz CT molecular complexity index is 1000. The lowest BCUT2D eigenvalue weighted by atomic mass is 10.1. The molecular formula is C19H19N3O5S. The van der Waals surface area contributed by atoms with E-state index in [1.54, 1.807) is 4.90 Å². The summed E-state index contributed by atoms with van der Waals surface area (Å²) in [5.74, 6) is -1.63. The van der Waals surface area contributed by atoms with Crippen LogP contribution in [-0.4, -0.2) is 32.7 Å². The number of para-hydroxylation sites is 1. The van der Waals surface area contributed by atoms with Gasteiger partial charge in [-0.25, -0.2) is 13.1 Å². The van der Waals surface area contributed by atoms with Crippen LogP contribution in [0.5, 0.6) is 0 Å². The molecule has 2 aromatic rings. The van der Waals surface area contributed by atoms with Crippen molar-refractivity contribution in [2.45, 2.75) is 18.2 Å². The minimum atomic E-state index is -3.93. The highest BCUT2D eigenvalue weighted by atomic mass is 32.2. The molecule has 0 spiro atoms. The highest BCUT2D eigenvalue weighted by Crippen LogP contribution is 2.26. The van der Waals surface area contributed by atoms with E-state index in [1.807, 2.05) is 35.1 Å². The normalized spacial score (nSPS) is 16.7. The summed E-state index contributed by atoms with van der Waals surface area (Å²) >= 11 is 0. The summed E-state index contributed by atoms with van der Waals surface area (Å²) in [4.78, 5) is 37.2. The molecule has 0 unspecified atom stereocenters. The Balaban J connectivity index is 1.65. The van der Waals surface area contributed by atoms with E-state index in [0.29, 0.717) is 5.69 Å². The largest absolute Gasteiger partial charge is 0.326 e. The third-order valence-corrected chi connectivity index (χ3v) is 5.72. The van der Waals surface area contributed by atoms with E-state index >= 15 is 0 Å². The monoisotopic (exact) mass is 401 g/mol. The van der Waals surface area contributed by atoms with Gasteiger partial charge in [-0.15, -0.1) is 0 Å². The first-order valence-electron chi connectivity index (χ1n) is 8.56. The fourth-order valence-corrected chi connectivity index (χ4v) is 3.94. The van der Waals surface area contributed by atoms with Gasteiger partial charge in [-0.3, -0.25) is 14.4 Å². The molecular weight excluding hydrogens is 382 g/mol. The Morgan fingerprint density at radius 3 is 2.29 bits per heavy atom. The van der Waals surface area contributed by atoms with Crippen molar-refractivity contribution in [1.29, 1.82) is 0 Å². The van der Waals surface area contributed by atoms with Crippen molar-refractivity contribution in [3.05, 3.63) is 54.6 Å². The molecule has 28 heavy (non-hydrogen) atoms. The van der Waals surface area contributed by atoms with Crippen molar-refractivity contribution in [3.63, 3.8) is 0 Å². The number of rotatable bonds is 5. The maximum Gasteiger partial charge on any atom is 0.264 e. The molecule has 1 aliphatic rings. The summed E-state index contributed by atoms with van der Waals surface area (Å²) in [6, 6.07) is 14.6. The zero-order valence-electron chi connectivity index (χ0n) is 15.1. The third kappa shape index (κ3) is 4.37. The van der Waals surface area contributed by atoms with Crippen molar-refractivity contribution < 1.29 is 22.8 Å². The maximum atomic E-state index is 12.5. The number of carbonyl (C=O) groups excluding carboxylic acids is 3. The standard InChI is InChI=1S/C19H19N3O5S/c1-13(23)21-28(26,27)17-9-7-15(8-10-17)20-19(25)14-11-18(24)22(12-14)16-5-3-2-4-6-16/h2-10,14H,11-12H2,1H3,(H,20,25)(H,21,23)/t14-/m0/s1. The van der Waals surface area contributed by atoms with E-state index < -0.39 is 21.8 Å². The van der Waals surface area contributed by atoms with E-state index in [4.69, 9.17) is 0 Å².